The summed E-state index contributed by atoms with van der Waals surface area (Å²) in [6.07, 6.45) is 2.13. The molecule has 2 aromatic rings. The highest BCUT2D eigenvalue weighted by Gasteiger charge is 2.36. The predicted molar refractivity (Wildman–Crippen MR) is 90.4 cm³/mol. The molecule has 7 heteroatoms. The summed E-state index contributed by atoms with van der Waals surface area (Å²) in [4.78, 5) is 14.1. The maximum absolute atomic E-state index is 14.3. The molecule has 1 aromatic heterocycles. The molecule has 0 aliphatic heterocycles. The third-order valence-corrected chi connectivity index (χ3v) is 5.89. The molecule has 25 heavy (non-hydrogen) atoms. The fraction of sp³-hybridized carbons (Fsp3) is 0.444. The van der Waals surface area contributed by atoms with Gasteiger partial charge in [-0.15, -0.1) is 11.3 Å². The number of alkyl halides is 1. The smallest absolute Gasteiger partial charge is 0.350 e. The summed E-state index contributed by atoms with van der Waals surface area (Å²) in [5, 5.41) is 18.7. The molecule has 1 fully saturated rings. The number of aromatic carboxylic acids is 1. The molecule has 1 heterocycles. The van der Waals surface area contributed by atoms with Gasteiger partial charge in [0.05, 0.1) is 5.01 Å². The number of benzene rings is 1. The van der Waals surface area contributed by atoms with Gasteiger partial charge in [-0.05, 0) is 61.6 Å². The van der Waals surface area contributed by atoms with Crippen LogP contribution in [-0.2, 0) is 6.42 Å². The molecule has 3 atom stereocenters. The Morgan fingerprint density at radius 1 is 1.28 bits per heavy atom. The van der Waals surface area contributed by atoms with Crippen LogP contribution in [0.15, 0.2) is 24.3 Å². The number of carboxylic acids is 1. The number of hydrogen-bond acceptors (Lipinski definition) is 4. The SMILES string of the molecule is O=C(O)c1sc(CCCC2C(F)CCC2c2ccc(O)cc2)nc1F. The number of halogens is 2. The topological polar surface area (TPSA) is 70.4 Å². The minimum Gasteiger partial charge on any atom is -0.508 e. The summed E-state index contributed by atoms with van der Waals surface area (Å²) in [6, 6.07) is 6.90. The van der Waals surface area contributed by atoms with E-state index in [-0.39, 0.29) is 22.5 Å². The number of carbonyl (C=O) groups is 1. The first kappa shape index (κ1) is 17.8. The number of hydrogen-bond donors (Lipinski definition) is 2. The van der Waals surface area contributed by atoms with Crippen LogP contribution in [0.3, 0.4) is 0 Å². The lowest BCUT2D eigenvalue weighted by molar-refractivity contribution is 0.0697. The van der Waals surface area contributed by atoms with Crippen LogP contribution in [-0.4, -0.2) is 27.3 Å². The zero-order valence-corrected chi connectivity index (χ0v) is 14.3. The van der Waals surface area contributed by atoms with Crippen molar-refractivity contribution in [1.82, 2.24) is 4.98 Å². The Kier molecular flexibility index (Phi) is 5.32. The van der Waals surface area contributed by atoms with Crippen LogP contribution in [0.2, 0.25) is 0 Å². The molecule has 3 rings (SSSR count). The number of aromatic nitrogens is 1. The Bertz CT molecular complexity index is 747. The number of nitrogens with zero attached hydrogens (tertiary/aromatic N) is 1. The minimum absolute atomic E-state index is 0.109. The van der Waals surface area contributed by atoms with Crippen molar-refractivity contribution in [1.29, 1.82) is 0 Å². The fourth-order valence-electron chi connectivity index (χ4n) is 3.61. The molecule has 1 saturated carbocycles. The number of thiazole rings is 1. The lowest BCUT2D eigenvalue weighted by Gasteiger charge is -2.21. The third kappa shape index (κ3) is 3.98. The molecule has 3 unspecified atom stereocenters. The van der Waals surface area contributed by atoms with Crippen molar-refractivity contribution >= 4 is 17.3 Å². The number of aromatic hydroxyl groups is 1. The third-order valence-electron chi connectivity index (χ3n) is 4.81. The molecule has 0 saturated heterocycles. The van der Waals surface area contributed by atoms with E-state index in [0.717, 1.165) is 23.3 Å². The molecule has 0 amide bonds. The molecule has 0 spiro atoms. The number of aryl methyl sites for hydroxylation is 1. The van der Waals surface area contributed by atoms with Crippen LogP contribution in [0.25, 0.3) is 0 Å². The van der Waals surface area contributed by atoms with Crippen LogP contribution < -0.4 is 0 Å². The van der Waals surface area contributed by atoms with Gasteiger partial charge in [-0.3, -0.25) is 0 Å². The molecule has 0 radical (unpaired) electrons. The van der Waals surface area contributed by atoms with Crippen LogP contribution in [0.1, 0.15) is 51.8 Å². The Hall–Kier alpha value is -2.02. The molecule has 1 aliphatic carbocycles. The zero-order valence-electron chi connectivity index (χ0n) is 13.5. The molecule has 2 N–H and O–H groups in total. The first-order valence-corrected chi connectivity index (χ1v) is 9.09. The Labute approximate surface area is 148 Å². The molecular weight excluding hydrogens is 348 g/mol. The van der Waals surface area contributed by atoms with Gasteiger partial charge in [0, 0.05) is 0 Å². The second-order valence-corrected chi connectivity index (χ2v) is 7.46. The van der Waals surface area contributed by atoms with Gasteiger partial charge >= 0.3 is 5.97 Å². The van der Waals surface area contributed by atoms with E-state index in [1.54, 1.807) is 12.1 Å². The van der Waals surface area contributed by atoms with Crippen LogP contribution in [0.5, 0.6) is 5.75 Å². The second kappa shape index (κ2) is 7.47. The van der Waals surface area contributed by atoms with Crippen molar-refractivity contribution < 1.29 is 23.8 Å². The molecule has 0 bridgehead atoms. The van der Waals surface area contributed by atoms with E-state index < -0.39 is 18.1 Å². The maximum Gasteiger partial charge on any atom is 0.350 e. The van der Waals surface area contributed by atoms with Gasteiger partial charge in [0.1, 0.15) is 11.9 Å². The summed E-state index contributed by atoms with van der Waals surface area (Å²) in [5.41, 5.74) is 1.02. The van der Waals surface area contributed by atoms with Crippen LogP contribution in [0.4, 0.5) is 8.78 Å². The van der Waals surface area contributed by atoms with E-state index >= 15 is 0 Å². The Balaban J connectivity index is 1.61. The summed E-state index contributed by atoms with van der Waals surface area (Å²) in [7, 11) is 0. The van der Waals surface area contributed by atoms with Gasteiger partial charge in [0.25, 0.3) is 0 Å². The van der Waals surface area contributed by atoms with E-state index in [1.807, 2.05) is 12.1 Å². The molecule has 1 aliphatic rings. The van der Waals surface area contributed by atoms with Crippen molar-refractivity contribution in [2.45, 2.75) is 44.2 Å². The van der Waals surface area contributed by atoms with Crippen LogP contribution >= 0.6 is 11.3 Å². The van der Waals surface area contributed by atoms with Crippen molar-refractivity contribution in [3.8, 4) is 5.75 Å². The van der Waals surface area contributed by atoms with E-state index in [2.05, 4.69) is 4.98 Å². The molecule has 4 nitrogen and oxygen atoms in total. The van der Waals surface area contributed by atoms with Crippen molar-refractivity contribution in [2.75, 3.05) is 0 Å². The van der Waals surface area contributed by atoms with Crippen molar-refractivity contribution in [3.63, 3.8) is 0 Å². The number of rotatable bonds is 6. The van der Waals surface area contributed by atoms with Gasteiger partial charge < -0.3 is 10.2 Å². The Morgan fingerprint density at radius 2 is 2.00 bits per heavy atom. The van der Waals surface area contributed by atoms with Crippen molar-refractivity contribution in [2.24, 2.45) is 5.92 Å². The highest BCUT2D eigenvalue weighted by molar-refractivity contribution is 7.13. The maximum atomic E-state index is 14.3. The fourth-order valence-corrected chi connectivity index (χ4v) is 4.43. The quantitative estimate of drug-likeness (QED) is 0.786. The summed E-state index contributed by atoms with van der Waals surface area (Å²) in [6.45, 7) is 0. The number of phenolic OH excluding ortho intramolecular Hbond substituents is 1. The molecule has 134 valence electrons. The van der Waals surface area contributed by atoms with Gasteiger partial charge in [0.2, 0.25) is 5.95 Å². The largest absolute Gasteiger partial charge is 0.508 e. The lowest BCUT2D eigenvalue weighted by Crippen LogP contribution is -2.15. The average molecular weight is 367 g/mol. The highest BCUT2D eigenvalue weighted by atomic mass is 32.1. The number of carboxylic acid groups (broad SMARTS) is 1. The number of phenols is 1. The van der Waals surface area contributed by atoms with E-state index in [9.17, 15) is 18.7 Å². The summed E-state index contributed by atoms with van der Waals surface area (Å²) in [5.74, 6) is -2.08. The summed E-state index contributed by atoms with van der Waals surface area (Å²) < 4.78 is 27.7. The van der Waals surface area contributed by atoms with Crippen molar-refractivity contribution in [3.05, 3.63) is 45.7 Å². The van der Waals surface area contributed by atoms with E-state index in [1.165, 1.54) is 0 Å². The average Bonchev–Trinajstić information content (AvgIpc) is 3.12. The predicted octanol–water partition coefficient (Wildman–Crippen LogP) is 4.54. The normalized spacial score (nSPS) is 23.0. The molecule has 1 aromatic carbocycles. The van der Waals surface area contributed by atoms with E-state index in [0.29, 0.717) is 30.7 Å². The van der Waals surface area contributed by atoms with E-state index in [4.69, 9.17) is 5.11 Å². The first-order valence-electron chi connectivity index (χ1n) is 8.27. The van der Waals surface area contributed by atoms with Crippen LogP contribution in [0, 0.1) is 11.9 Å². The van der Waals surface area contributed by atoms with Gasteiger partial charge in [-0.2, -0.15) is 4.39 Å². The first-order chi connectivity index (χ1) is 12.0. The monoisotopic (exact) mass is 367 g/mol. The zero-order chi connectivity index (χ0) is 18.0. The highest BCUT2D eigenvalue weighted by Crippen LogP contribution is 2.44. The van der Waals surface area contributed by atoms with Gasteiger partial charge in [-0.1, -0.05) is 12.1 Å². The lowest BCUT2D eigenvalue weighted by atomic mass is 9.85. The minimum atomic E-state index is -1.31. The Morgan fingerprint density at radius 3 is 2.64 bits per heavy atom. The van der Waals surface area contributed by atoms with Gasteiger partial charge in [-0.25, -0.2) is 14.2 Å². The van der Waals surface area contributed by atoms with Gasteiger partial charge in [0.15, 0.2) is 4.88 Å². The molecular formula is C18H19F2NO3S. The summed E-state index contributed by atoms with van der Waals surface area (Å²) >= 11 is 0.842. The standard InChI is InChI=1S/C18H19F2NO3S/c19-14-9-8-12(10-4-6-11(22)7-5-10)13(14)2-1-3-15-21-17(20)16(25-15)18(23)24/h4-7,12-14,22H,1-3,8-9H2,(H,23,24). The second-order valence-electron chi connectivity index (χ2n) is 6.38.